The summed E-state index contributed by atoms with van der Waals surface area (Å²) in [6, 6.07) is 0. The minimum absolute atomic E-state index is 0.542. The molecule has 7 nitrogen and oxygen atoms in total. The van der Waals surface area contributed by atoms with E-state index >= 15 is 0 Å². The number of methoxy groups -OCH3 is 3. The summed E-state index contributed by atoms with van der Waals surface area (Å²) in [4.78, 5) is 4.19. The van der Waals surface area contributed by atoms with Crippen LogP contribution in [-0.4, -0.2) is 97.4 Å². The fourth-order valence-corrected chi connectivity index (χ4v) is 1.74. The molecule has 0 unspecified atom stereocenters. The van der Waals surface area contributed by atoms with Gasteiger partial charge in [-0.3, -0.25) is 9.80 Å². The van der Waals surface area contributed by atoms with Crippen LogP contribution in [0.3, 0.4) is 0 Å². The molecule has 0 saturated carbocycles. The molecule has 0 N–H and O–H groups in total. The molecule has 21 heavy (non-hydrogen) atoms. The topological polar surface area (TPSA) is 52.6 Å². The summed E-state index contributed by atoms with van der Waals surface area (Å²) in [6.45, 7) is 8.99. The van der Waals surface area contributed by atoms with Gasteiger partial charge in [-0.15, -0.1) is 0 Å². The van der Waals surface area contributed by atoms with E-state index in [2.05, 4.69) is 11.8 Å². The average Bonchev–Trinajstić information content (AvgIpc) is 2.49. The van der Waals surface area contributed by atoms with Gasteiger partial charge in [-0.1, -0.05) is 6.92 Å². The van der Waals surface area contributed by atoms with Gasteiger partial charge in [0.15, 0.2) is 0 Å². The van der Waals surface area contributed by atoms with Crippen LogP contribution in [0.5, 0.6) is 0 Å². The Morgan fingerprint density at radius 2 is 1.05 bits per heavy atom. The molecule has 0 saturated heterocycles. The summed E-state index contributed by atoms with van der Waals surface area (Å²) >= 11 is 0. The minimum atomic E-state index is 0.542. The van der Waals surface area contributed by atoms with E-state index in [4.69, 9.17) is 23.7 Å². The Labute approximate surface area is 129 Å². The number of hydrogen-bond donors (Lipinski definition) is 0. The molecule has 0 aliphatic rings. The van der Waals surface area contributed by atoms with E-state index in [0.29, 0.717) is 46.6 Å². The third kappa shape index (κ3) is 13.1. The van der Waals surface area contributed by atoms with E-state index in [9.17, 15) is 0 Å². The van der Waals surface area contributed by atoms with Crippen LogP contribution < -0.4 is 0 Å². The molecule has 0 aromatic rings. The van der Waals surface area contributed by atoms with Crippen molar-refractivity contribution in [3.8, 4) is 0 Å². The van der Waals surface area contributed by atoms with Crippen molar-refractivity contribution in [2.75, 3.05) is 87.6 Å². The smallest absolute Gasteiger partial charge is 0.100 e. The quantitative estimate of drug-likeness (QED) is 0.303. The first-order valence-corrected chi connectivity index (χ1v) is 7.35. The predicted octanol–water partition coefficient (Wildman–Crippen LogP) is 0.455. The first-order valence-electron chi connectivity index (χ1n) is 7.35. The van der Waals surface area contributed by atoms with Gasteiger partial charge in [0.1, 0.15) is 13.5 Å². The van der Waals surface area contributed by atoms with Gasteiger partial charge in [0.2, 0.25) is 0 Å². The maximum Gasteiger partial charge on any atom is 0.100 e. The van der Waals surface area contributed by atoms with E-state index in [1.807, 2.05) is 4.90 Å². The fraction of sp³-hybridized carbons (Fsp3) is 1.00. The van der Waals surface area contributed by atoms with Crippen LogP contribution in [0, 0.1) is 0 Å². The summed E-state index contributed by atoms with van der Waals surface area (Å²) < 4.78 is 26.3. The Morgan fingerprint density at radius 3 is 1.48 bits per heavy atom. The fourth-order valence-electron chi connectivity index (χ4n) is 1.74. The van der Waals surface area contributed by atoms with Gasteiger partial charge in [-0.2, -0.15) is 0 Å². The van der Waals surface area contributed by atoms with E-state index in [0.717, 1.165) is 19.6 Å². The molecule has 0 fully saturated rings. The lowest BCUT2D eigenvalue weighted by Crippen LogP contribution is -2.32. The molecule has 0 spiro atoms. The molecule has 0 atom stereocenters. The van der Waals surface area contributed by atoms with Crippen molar-refractivity contribution >= 4 is 0 Å². The van der Waals surface area contributed by atoms with Gasteiger partial charge in [0.25, 0.3) is 0 Å². The highest BCUT2D eigenvalue weighted by Crippen LogP contribution is 1.91. The van der Waals surface area contributed by atoms with Crippen molar-refractivity contribution < 1.29 is 23.7 Å². The normalized spacial score (nSPS) is 11.7. The minimum Gasteiger partial charge on any atom is -0.378 e. The Morgan fingerprint density at radius 1 is 0.619 bits per heavy atom. The van der Waals surface area contributed by atoms with Crippen LogP contribution in [0.1, 0.15) is 6.92 Å². The highest BCUT2D eigenvalue weighted by atomic mass is 16.5. The zero-order chi connectivity index (χ0) is 15.8. The predicted molar refractivity (Wildman–Crippen MR) is 81.2 cm³/mol. The summed E-state index contributed by atoms with van der Waals surface area (Å²) in [5.74, 6) is 0. The van der Waals surface area contributed by atoms with Crippen LogP contribution in [0.15, 0.2) is 0 Å². The van der Waals surface area contributed by atoms with Gasteiger partial charge in [-0.05, 0) is 6.54 Å². The molecule has 0 aromatic carbocycles. The summed E-state index contributed by atoms with van der Waals surface area (Å²) in [5.41, 5.74) is 0. The molecule has 0 aliphatic carbocycles. The van der Waals surface area contributed by atoms with E-state index in [1.165, 1.54) is 0 Å². The zero-order valence-corrected chi connectivity index (χ0v) is 14.0. The highest BCUT2D eigenvalue weighted by molar-refractivity contribution is 4.49. The Bertz CT molecular complexity index is 204. The molecule has 0 amide bonds. The van der Waals surface area contributed by atoms with Crippen LogP contribution >= 0.6 is 0 Å². The maximum atomic E-state index is 5.53. The highest BCUT2D eigenvalue weighted by Gasteiger charge is 2.03. The summed E-state index contributed by atoms with van der Waals surface area (Å²) in [6.07, 6.45) is 0. The van der Waals surface area contributed by atoms with Crippen molar-refractivity contribution in [3.05, 3.63) is 0 Å². The molecular formula is C14H32N2O5. The lowest BCUT2D eigenvalue weighted by molar-refractivity contribution is -0.0342. The lowest BCUT2D eigenvalue weighted by atomic mass is 10.5. The first kappa shape index (κ1) is 20.7. The number of nitrogens with zero attached hydrogens (tertiary/aromatic N) is 2. The van der Waals surface area contributed by atoms with Gasteiger partial charge in [0, 0.05) is 34.4 Å². The molecule has 0 aliphatic heterocycles. The molecule has 0 heterocycles. The van der Waals surface area contributed by atoms with E-state index < -0.39 is 0 Å². The Balaban J connectivity index is 3.38. The molecule has 7 heteroatoms. The molecule has 128 valence electrons. The van der Waals surface area contributed by atoms with Crippen molar-refractivity contribution in [1.29, 1.82) is 0 Å². The monoisotopic (exact) mass is 308 g/mol. The Hall–Kier alpha value is -0.280. The second-order valence-electron chi connectivity index (χ2n) is 4.58. The van der Waals surface area contributed by atoms with Crippen molar-refractivity contribution in [1.82, 2.24) is 9.80 Å². The van der Waals surface area contributed by atoms with Crippen molar-refractivity contribution in [2.45, 2.75) is 6.92 Å². The standard InChI is InChI=1S/C14H32N2O5/c1-5-15(12-17-2)6-8-20-10-11-21-9-7-16(13-18-3)14-19-4/h5-14H2,1-4H3. The van der Waals surface area contributed by atoms with Gasteiger partial charge in [-0.25, -0.2) is 0 Å². The molecule has 0 rings (SSSR count). The van der Waals surface area contributed by atoms with Crippen LogP contribution in [0.2, 0.25) is 0 Å². The largest absolute Gasteiger partial charge is 0.378 e. The van der Waals surface area contributed by atoms with Gasteiger partial charge < -0.3 is 23.7 Å². The van der Waals surface area contributed by atoms with Gasteiger partial charge in [0.05, 0.1) is 33.2 Å². The number of hydrogen-bond acceptors (Lipinski definition) is 7. The number of rotatable bonds is 16. The SMILES string of the molecule is CCN(CCOCCOCCN(COC)COC)COC. The second-order valence-corrected chi connectivity index (χ2v) is 4.58. The molecular weight excluding hydrogens is 276 g/mol. The molecule has 0 aromatic heterocycles. The second kappa shape index (κ2) is 16.1. The third-order valence-electron chi connectivity index (χ3n) is 2.86. The molecule has 0 radical (unpaired) electrons. The molecule has 0 bridgehead atoms. The Kier molecular flexibility index (Phi) is 15.9. The van der Waals surface area contributed by atoms with Crippen LogP contribution in [-0.2, 0) is 23.7 Å². The van der Waals surface area contributed by atoms with E-state index in [-0.39, 0.29) is 0 Å². The third-order valence-corrected chi connectivity index (χ3v) is 2.86. The number of likely N-dealkylation sites (N-methyl/N-ethyl adjacent to an activating group) is 1. The van der Waals surface area contributed by atoms with Crippen LogP contribution in [0.25, 0.3) is 0 Å². The average molecular weight is 308 g/mol. The van der Waals surface area contributed by atoms with Crippen LogP contribution in [0.4, 0.5) is 0 Å². The lowest BCUT2D eigenvalue weighted by Gasteiger charge is -2.20. The summed E-state index contributed by atoms with van der Waals surface area (Å²) in [7, 11) is 5.04. The number of ether oxygens (including phenoxy) is 5. The van der Waals surface area contributed by atoms with Crippen molar-refractivity contribution in [2.24, 2.45) is 0 Å². The van der Waals surface area contributed by atoms with Gasteiger partial charge >= 0.3 is 0 Å². The summed E-state index contributed by atoms with van der Waals surface area (Å²) in [5, 5.41) is 0. The maximum absolute atomic E-state index is 5.53. The zero-order valence-electron chi connectivity index (χ0n) is 14.0. The van der Waals surface area contributed by atoms with Crippen molar-refractivity contribution in [3.63, 3.8) is 0 Å². The van der Waals surface area contributed by atoms with E-state index in [1.54, 1.807) is 21.3 Å². The first-order chi connectivity index (χ1) is 10.3.